The van der Waals surface area contributed by atoms with Crippen LogP contribution in [0.1, 0.15) is 284 Å². The molecule has 0 aliphatic rings. The predicted octanol–water partition coefficient (Wildman–Crippen LogP) is 23.3. The van der Waals surface area contributed by atoms with E-state index < -0.39 is 6.10 Å². The van der Waals surface area contributed by atoms with Crippen molar-refractivity contribution in [3.63, 3.8) is 0 Å². The van der Waals surface area contributed by atoms with Crippen LogP contribution in [-0.2, 0) is 28.6 Å². The largest absolute Gasteiger partial charge is 0.462 e. The van der Waals surface area contributed by atoms with Crippen LogP contribution < -0.4 is 0 Å². The molecule has 1 unspecified atom stereocenters. The zero-order chi connectivity index (χ0) is 59.2. The summed E-state index contributed by atoms with van der Waals surface area (Å²) in [5.74, 6) is -0.919. The van der Waals surface area contributed by atoms with Crippen molar-refractivity contribution in [3.8, 4) is 0 Å². The number of ether oxygens (including phenoxy) is 3. The molecule has 0 aromatic heterocycles. The minimum atomic E-state index is -0.797. The van der Waals surface area contributed by atoms with E-state index in [1.165, 1.54) is 77.0 Å². The number of esters is 3. The maximum absolute atomic E-state index is 12.9. The van der Waals surface area contributed by atoms with Gasteiger partial charge in [0.15, 0.2) is 6.10 Å². The fourth-order valence-electron chi connectivity index (χ4n) is 8.84. The molecule has 0 spiro atoms. The molecule has 462 valence electrons. The fourth-order valence-corrected chi connectivity index (χ4v) is 8.84. The van der Waals surface area contributed by atoms with E-state index in [4.69, 9.17) is 14.2 Å². The molecule has 0 aromatic carbocycles. The Balaban J connectivity index is 4.32. The predicted molar refractivity (Wildman–Crippen MR) is 357 cm³/mol. The topological polar surface area (TPSA) is 78.9 Å². The SMILES string of the molecule is CC/C=C\C/C=C\C/C=C\C/C=C\C/C=C\C/C=C\C/C=C\C/C=C\CCCCCCCCC(=O)OCC(COC(=O)CCCCCCCCCCCC)OC(=O)CCCCCCCCC/C=C\C/C=C\C/C=C\C/C=C\C/C=C\CC. The summed E-state index contributed by atoms with van der Waals surface area (Å²) in [4.78, 5) is 38.3. The average molecular weight is 1130 g/mol. The summed E-state index contributed by atoms with van der Waals surface area (Å²) in [6, 6.07) is 0. The lowest BCUT2D eigenvalue weighted by Gasteiger charge is -2.18. The Morgan fingerprint density at radius 3 is 0.744 bits per heavy atom. The summed E-state index contributed by atoms with van der Waals surface area (Å²) in [6.07, 6.45) is 99.7. The molecule has 1 atom stereocenters. The highest BCUT2D eigenvalue weighted by Crippen LogP contribution is 2.15. The van der Waals surface area contributed by atoms with E-state index >= 15 is 0 Å². The second-order valence-electron chi connectivity index (χ2n) is 21.6. The lowest BCUT2D eigenvalue weighted by atomic mass is 10.1. The van der Waals surface area contributed by atoms with Gasteiger partial charge in [-0.2, -0.15) is 0 Å². The second kappa shape index (κ2) is 68.5. The van der Waals surface area contributed by atoms with Crippen molar-refractivity contribution in [1.29, 1.82) is 0 Å². The maximum atomic E-state index is 12.9. The molecule has 0 bridgehead atoms. The molecule has 0 aliphatic carbocycles. The molecule has 0 aliphatic heterocycles. The number of rotatable bonds is 59. The van der Waals surface area contributed by atoms with Crippen LogP contribution in [0.2, 0.25) is 0 Å². The van der Waals surface area contributed by atoms with Crippen molar-refractivity contribution < 1.29 is 28.6 Å². The molecule has 0 N–H and O–H groups in total. The highest BCUT2D eigenvalue weighted by Gasteiger charge is 2.19. The molecule has 0 rings (SSSR count). The summed E-state index contributed by atoms with van der Waals surface area (Å²) < 4.78 is 16.9. The summed E-state index contributed by atoms with van der Waals surface area (Å²) >= 11 is 0. The van der Waals surface area contributed by atoms with Gasteiger partial charge in [0.2, 0.25) is 0 Å². The molecule has 0 fully saturated rings. The van der Waals surface area contributed by atoms with Crippen molar-refractivity contribution >= 4 is 17.9 Å². The zero-order valence-electron chi connectivity index (χ0n) is 52.9. The fraction of sp³-hybridized carbons (Fsp3) is 0.618. The van der Waals surface area contributed by atoms with Crippen molar-refractivity contribution in [3.05, 3.63) is 158 Å². The highest BCUT2D eigenvalue weighted by atomic mass is 16.6. The highest BCUT2D eigenvalue weighted by molar-refractivity contribution is 5.71. The number of carbonyl (C=O) groups is 3. The third-order valence-corrected chi connectivity index (χ3v) is 13.8. The number of allylic oxidation sites excluding steroid dienone is 26. The monoisotopic (exact) mass is 1130 g/mol. The van der Waals surface area contributed by atoms with Crippen LogP contribution in [0.3, 0.4) is 0 Å². The Morgan fingerprint density at radius 1 is 0.256 bits per heavy atom. The Morgan fingerprint density at radius 2 is 0.476 bits per heavy atom. The van der Waals surface area contributed by atoms with Gasteiger partial charge >= 0.3 is 17.9 Å². The van der Waals surface area contributed by atoms with Gasteiger partial charge in [-0.1, -0.05) is 294 Å². The maximum Gasteiger partial charge on any atom is 0.306 e. The van der Waals surface area contributed by atoms with Crippen LogP contribution in [0.15, 0.2) is 158 Å². The molecule has 0 radical (unpaired) electrons. The third kappa shape index (κ3) is 65.8. The Hall–Kier alpha value is -4.97. The standard InChI is InChI=1S/C76H122O6/c1-4-7-10-13-16-19-22-24-26-28-30-32-34-35-36-37-38-39-40-41-43-44-46-48-50-52-54-57-60-63-66-69-75(78)81-72-73(71-80-74(77)68-65-62-59-56-21-18-15-12-9-6-3)82-76(79)70-67-64-61-58-55-53-51-49-47-45-42-33-31-29-27-25-23-20-17-14-11-8-5-2/h7-8,10-11,16-17,19-20,24-27,30-33,35-36,38-39,41,43,45-48,73H,4-6,9,12-15,18,21-23,28-29,34,37,40,42,44,49-72H2,1-3H3/b10-7-,11-8-,19-16-,20-17-,26-24-,27-25-,32-30-,33-31-,36-35-,39-38-,43-41-,47-45-,48-46-. The van der Waals surface area contributed by atoms with Gasteiger partial charge in [0.05, 0.1) is 0 Å². The molecule has 0 aromatic rings. The van der Waals surface area contributed by atoms with Crippen LogP contribution in [0.5, 0.6) is 0 Å². The molecule has 0 amide bonds. The third-order valence-electron chi connectivity index (χ3n) is 13.8. The van der Waals surface area contributed by atoms with Gasteiger partial charge in [0.1, 0.15) is 13.2 Å². The van der Waals surface area contributed by atoms with E-state index in [-0.39, 0.29) is 31.1 Å². The first-order valence-electron chi connectivity index (χ1n) is 33.5. The summed E-state index contributed by atoms with van der Waals surface area (Å²) in [5, 5.41) is 0. The van der Waals surface area contributed by atoms with Crippen molar-refractivity contribution in [2.45, 2.75) is 290 Å². The molecular formula is C76H122O6. The van der Waals surface area contributed by atoms with Crippen LogP contribution in [0, 0.1) is 0 Å². The van der Waals surface area contributed by atoms with Crippen molar-refractivity contribution in [2.24, 2.45) is 0 Å². The summed E-state index contributed by atoms with van der Waals surface area (Å²) in [7, 11) is 0. The summed E-state index contributed by atoms with van der Waals surface area (Å²) in [6.45, 7) is 6.38. The van der Waals surface area contributed by atoms with Gasteiger partial charge in [-0.05, 0) is 128 Å². The van der Waals surface area contributed by atoms with Gasteiger partial charge in [-0.15, -0.1) is 0 Å². The quantitative estimate of drug-likeness (QED) is 0.0261. The van der Waals surface area contributed by atoms with Gasteiger partial charge < -0.3 is 14.2 Å². The van der Waals surface area contributed by atoms with Gasteiger partial charge in [0.25, 0.3) is 0 Å². The minimum Gasteiger partial charge on any atom is -0.462 e. The van der Waals surface area contributed by atoms with E-state index in [9.17, 15) is 14.4 Å². The van der Waals surface area contributed by atoms with E-state index in [1.807, 2.05) is 0 Å². The lowest BCUT2D eigenvalue weighted by molar-refractivity contribution is -0.167. The molecule has 0 saturated heterocycles. The van der Waals surface area contributed by atoms with Crippen molar-refractivity contribution in [2.75, 3.05) is 13.2 Å². The summed E-state index contributed by atoms with van der Waals surface area (Å²) in [5.41, 5.74) is 0. The normalized spacial score (nSPS) is 13.2. The smallest absolute Gasteiger partial charge is 0.306 e. The first-order valence-corrected chi connectivity index (χ1v) is 33.5. The van der Waals surface area contributed by atoms with E-state index in [0.29, 0.717) is 19.3 Å². The van der Waals surface area contributed by atoms with Crippen LogP contribution in [-0.4, -0.2) is 37.2 Å². The van der Waals surface area contributed by atoms with Gasteiger partial charge in [-0.25, -0.2) is 0 Å². The number of unbranched alkanes of at least 4 members (excludes halogenated alkanes) is 22. The number of hydrogen-bond acceptors (Lipinski definition) is 6. The Kier molecular flexibility index (Phi) is 64.4. The first kappa shape index (κ1) is 77.0. The molecule has 6 heteroatoms. The lowest BCUT2D eigenvalue weighted by Crippen LogP contribution is -2.30. The molecular weight excluding hydrogens is 1010 g/mol. The van der Waals surface area contributed by atoms with Gasteiger partial charge in [-0.3, -0.25) is 14.4 Å². The Labute approximate surface area is 505 Å². The zero-order valence-corrected chi connectivity index (χ0v) is 52.9. The minimum absolute atomic E-state index is 0.0911. The van der Waals surface area contributed by atoms with Crippen molar-refractivity contribution in [1.82, 2.24) is 0 Å². The molecule has 6 nitrogen and oxygen atoms in total. The van der Waals surface area contributed by atoms with Crippen LogP contribution in [0.4, 0.5) is 0 Å². The second-order valence-corrected chi connectivity index (χ2v) is 21.6. The number of carbonyl (C=O) groups excluding carboxylic acids is 3. The van der Waals surface area contributed by atoms with E-state index in [0.717, 1.165) is 167 Å². The Bertz CT molecular complexity index is 1830. The van der Waals surface area contributed by atoms with Gasteiger partial charge in [0, 0.05) is 19.3 Å². The first-order chi connectivity index (χ1) is 40.5. The van der Waals surface area contributed by atoms with Crippen LogP contribution in [0.25, 0.3) is 0 Å². The molecule has 0 heterocycles. The van der Waals surface area contributed by atoms with E-state index in [1.54, 1.807) is 0 Å². The number of hydrogen-bond donors (Lipinski definition) is 0. The van der Waals surface area contributed by atoms with Crippen LogP contribution >= 0.6 is 0 Å². The average Bonchev–Trinajstić information content (AvgIpc) is 3.47. The van der Waals surface area contributed by atoms with E-state index in [2.05, 4.69) is 179 Å². The molecule has 82 heavy (non-hydrogen) atoms. The molecule has 0 saturated carbocycles.